The molecule has 2 heterocycles. The SMILES string of the molecule is COc1cccc([C@@H]2C[C@H](C(F)(F)F)n3ncc(C(=O)Nc4ccc(Cl)cc4)c3N2)c1. The predicted molar refractivity (Wildman–Crippen MR) is 111 cm³/mol. The maximum atomic E-state index is 13.8. The Kier molecular flexibility index (Phi) is 5.53. The highest BCUT2D eigenvalue weighted by atomic mass is 35.5. The van der Waals surface area contributed by atoms with Gasteiger partial charge in [-0.3, -0.25) is 4.79 Å². The fourth-order valence-corrected chi connectivity index (χ4v) is 3.66. The van der Waals surface area contributed by atoms with Crippen molar-refractivity contribution in [3.63, 3.8) is 0 Å². The normalized spacial score (nSPS) is 18.1. The van der Waals surface area contributed by atoms with Gasteiger partial charge in [-0.05, 0) is 42.0 Å². The van der Waals surface area contributed by atoms with Crippen LogP contribution in [-0.2, 0) is 0 Å². The van der Waals surface area contributed by atoms with Crippen LogP contribution in [0.4, 0.5) is 24.7 Å². The zero-order chi connectivity index (χ0) is 22.2. The molecule has 31 heavy (non-hydrogen) atoms. The number of nitrogens with one attached hydrogen (secondary N) is 2. The Balaban J connectivity index is 1.68. The highest BCUT2D eigenvalue weighted by Crippen LogP contribution is 2.44. The fraction of sp³-hybridized carbons (Fsp3) is 0.238. The number of alkyl halides is 3. The van der Waals surface area contributed by atoms with E-state index in [1.165, 1.54) is 7.11 Å². The smallest absolute Gasteiger partial charge is 0.410 e. The van der Waals surface area contributed by atoms with Crippen LogP contribution in [0.1, 0.15) is 34.4 Å². The number of hydrogen-bond donors (Lipinski definition) is 2. The first-order valence-electron chi connectivity index (χ1n) is 9.38. The molecule has 0 bridgehead atoms. The van der Waals surface area contributed by atoms with Gasteiger partial charge in [0.15, 0.2) is 6.04 Å². The molecule has 162 valence electrons. The van der Waals surface area contributed by atoms with E-state index in [0.717, 1.165) is 10.9 Å². The number of fused-ring (bicyclic) bond motifs is 1. The van der Waals surface area contributed by atoms with Crippen molar-refractivity contribution >= 4 is 29.0 Å². The van der Waals surface area contributed by atoms with Crippen molar-refractivity contribution in [1.29, 1.82) is 0 Å². The summed E-state index contributed by atoms with van der Waals surface area (Å²) in [6, 6.07) is 10.6. The molecule has 0 unspecified atom stereocenters. The van der Waals surface area contributed by atoms with E-state index in [-0.39, 0.29) is 17.8 Å². The fourth-order valence-electron chi connectivity index (χ4n) is 3.54. The minimum Gasteiger partial charge on any atom is -0.497 e. The van der Waals surface area contributed by atoms with Gasteiger partial charge in [-0.15, -0.1) is 0 Å². The maximum Gasteiger partial charge on any atom is 0.410 e. The lowest BCUT2D eigenvalue weighted by atomic mass is 9.96. The van der Waals surface area contributed by atoms with Crippen LogP contribution in [-0.4, -0.2) is 29.0 Å². The van der Waals surface area contributed by atoms with Crippen LogP contribution in [0, 0.1) is 0 Å². The van der Waals surface area contributed by atoms with Crippen LogP contribution in [0.2, 0.25) is 5.02 Å². The highest BCUT2D eigenvalue weighted by molar-refractivity contribution is 6.30. The molecule has 1 aliphatic heterocycles. The van der Waals surface area contributed by atoms with Gasteiger partial charge in [-0.1, -0.05) is 23.7 Å². The molecular formula is C21H18ClF3N4O2. The number of carbonyl (C=O) groups is 1. The Bertz CT molecular complexity index is 1100. The summed E-state index contributed by atoms with van der Waals surface area (Å²) in [7, 11) is 1.49. The first kappa shape index (κ1) is 21.0. The number of hydrogen-bond acceptors (Lipinski definition) is 4. The number of rotatable bonds is 4. The van der Waals surface area contributed by atoms with Crippen LogP contribution >= 0.6 is 11.6 Å². The topological polar surface area (TPSA) is 68.2 Å². The molecule has 0 saturated carbocycles. The number of nitrogens with zero attached hydrogens (tertiary/aromatic N) is 2. The minimum atomic E-state index is -4.54. The summed E-state index contributed by atoms with van der Waals surface area (Å²) in [4.78, 5) is 12.8. The largest absolute Gasteiger partial charge is 0.497 e. The number of ether oxygens (including phenoxy) is 1. The number of halogens is 4. The number of benzene rings is 2. The van der Waals surface area contributed by atoms with Gasteiger partial charge in [0, 0.05) is 17.1 Å². The van der Waals surface area contributed by atoms with Crippen molar-refractivity contribution in [2.24, 2.45) is 0 Å². The van der Waals surface area contributed by atoms with Gasteiger partial charge in [0.2, 0.25) is 0 Å². The minimum absolute atomic E-state index is 0.00728. The lowest BCUT2D eigenvalue weighted by Gasteiger charge is -2.34. The summed E-state index contributed by atoms with van der Waals surface area (Å²) in [6.45, 7) is 0. The molecule has 10 heteroatoms. The van der Waals surface area contributed by atoms with Crippen LogP contribution < -0.4 is 15.4 Å². The summed E-state index contributed by atoms with van der Waals surface area (Å²) < 4.78 is 47.5. The predicted octanol–water partition coefficient (Wildman–Crippen LogP) is 5.46. The molecule has 2 aromatic carbocycles. The van der Waals surface area contributed by atoms with Gasteiger partial charge in [0.1, 0.15) is 17.1 Å². The first-order valence-corrected chi connectivity index (χ1v) is 9.75. The molecule has 0 fully saturated rings. The lowest BCUT2D eigenvalue weighted by molar-refractivity contribution is -0.173. The average molecular weight is 451 g/mol. The zero-order valence-corrected chi connectivity index (χ0v) is 17.0. The van der Waals surface area contributed by atoms with Crippen molar-refractivity contribution in [1.82, 2.24) is 9.78 Å². The maximum absolute atomic E-state index is 13.8. The number of methoxy groups -OCH3 is 1. The summed E-state index contributed by atoms with van der Waals surface area (Å²) in [5.41, 5.74) is 1.09. The molecule has 2 atom stereocenters. The molecule has 3 aromatic rings. The number of carbonyl (C=O) groups excluding carboxylic acids is 1. The molecule has 0 saturated heterocycles. The van der Waals surface area contributed by atoms with Crippen molar-refractivity contribution in [2.75, 3.05) is 17.7 Å². The highest BCUT2D eigenvalue weighted by Gasteiger charge is 2.47. The van der Waals surface area contributed by atoms with E-state index in [2.05, 4.69) is 15.7 Å². The number of anilines is 2. The van der Waals surface area contributed by atoms with Crippen molar-refractivity contribution in [3.8, 4) is 5.75 Å². The molecule has 1 aromatic heterocycles. The van der Waals surface area contributed by atoms with E-state index < -0.39 is 24.2 Å². The second-order valence-corrected chi connectivity index (χ2v) is 7.52. The third-order valence-corrected chi connectivity index (χ3v) is 5.33. The van der Waals surface area contributed by atoms with E-state index in [4.69, 9.17) is 16.3 Å². The summed E-state index contributed by atoms with van der Waals surface area (Å²) in [6.07, 6.45) is -3.67. The van der Waals surface area contributed by atoms with E-state index in [1.54, 1.807) is 48.5 Å². The molecule has 0 spiro atoms. The monoisotopic (exact) mass is 450 g/mol. The van der Waals surface area contributed by atoms with E-state index in [0.29, 0.717) is 22.0 Å². The van der Waals surface area contributed by atoms with Crippen molar-refractivity contribution < 1.29 is 22.7 Å². The van der Waals surface area contributed by atoms with Gasteiger partial charge in [-0.25, -0.2) is 4.68 Å². The Morgan fingerprint density at radius 3 is 2.68 bits per heavy atom. The summed E-state index contributed by atoms with van der Waals surface area (Å²) in [5.74, 6) is -0.0428. The van der Waals surface area contributed by atoms with Gasteiger partial charge in [0.05, 0.1) is 19.3 Å². The third kappa shape index (κ3) is 4.32. The number of amides is 1. The quantitative estimate of drug-likeness (QED) is 0.554. The van der Waals surface area contributed by atoms with Crippen LogP contribution in [0.5, 0.6) is 5.75 Å². The van der Waals surface area contributed by atoms with Crippen LogP contribution in [0.3, 0.4) is 0 Å². The molecular weight excluding hydrogens is 433 g/mol. The second-order valence-electron chi connectivity index (χ2n) is 7.08. The van der Waals surface area contributed by atoms with Crippen LogP contribution in [0.15, 0.2) is 54.7 Å². The Hall–Kier alpha value is -3.20. The molecule has 4 rings (SSSR count). The molecule has 1 aliphatic rings. The first-order chi connectivity index (χ1) is 14.8. The average Bonchev–Trinajstić information content (AvgIpc) is 3.18. The summed E-state index contributed by atoms with van der Waals surface area (Å²) >= 11 is 5.85. The standard InChI is InChI=1S/C21H18ClF3N4O2/c1-31-15-4-2-3-12(9-15)17-10-18(21(23,24)25)29-19(28-17)16(11-26-29)20(30)27-14-7-5-13(22)6-8-14/h2-9,11,17-18,28H,10H2,1H3,(H,27,30)/t17-,18+/m0/s1. The second kappa shape index (κ2) is 8.14. The third-order valence-electron chi connectivity index (χ3n) is 5.08. The number of aromatic nitrogens is 2. The zero-order valence-electron chi connectivity index (χ0n) is 16.3. The Morgan fingerprint density at radius 1 is 1.26 bits per heavy atom. The molecule has 2 N–H and O–H groups in total. The lowest BCUT2D eigenvalue weighted by Crippen LogP contribution is -2.36. The van der Waals surface area contributed by atoms with E-state index in [9.17, 15) is 18.0 Å². The van der Waals surface area contributed by atoms with Gasteiger partial charge in [0.25, 0.3) is 5.91 Å². The van der Waals surface area contributed by atoms with Gasteiger partial charge in [-0.2, -0.15) is 18.3 Å². The summed E-state index contributed by atoms with van der Waals surface area (Å²) in [5, 5.41) is 10.1. The Labute approximate surface area is 181 Å². The molecule has 6 nitrogen and oxygen atoms in total. The molecule has 1 amide bonds. The van der Waals surface area contributed by atoms with Gasteiger partial charge < -0.3 is 15.4 Å². The van der Waals surface area contributed by atoms with Crippen LogP contribution in [0.25, 0.3) is 0 Å². The van der Waals surface area contributed by atoms with Crippen molar-refractivity contribution in [2.45, 2.75) is 24.7 Å². The van der Waals surface area contributed by atoms with Gasteiger partial charge >= 0.3 is 6.18 Å². The molecule has 0 radical (unpaired) electrons. The Morgan fingerprint density at radius 2 is 2.00 bits per heavy atom. The van der Waals surface area contributed by atoms with Crippen molar-refractivity contribution in [3.05, 3.63) is 70.9 Å². The van der Waals surface area contributed by atoms with E-state index in [1.807, 2.05) is 0 Å². The molecule has 0 aliphatic carbocycles. The van der Waals surface area contributed by atoms with E-state index >= 15 is 0 Å².